The summed E-state index contributed by atoms with van der Waals surface area (Å²) in [6.07, 6.45) is 9.47. The number of rotatable bonds is 18. The Kier molecular flexibility index (Phi) is 14.2. The predicted molar refractivity (Wildman–Crippen MR) is 280 cm³/mol. The Hall–Kier alpha value is -6.46. The summed E-state index contributed by atoms with van der Waals surface area (Å²) in [5, 5.41) is -0.184. The zero-order valence-corrected chi connectivity index (χ0v) is 44.6. The average Bonchev–Trinajstić information content (AvgIpc) is 4.26. The van der Waals surface area contributed by atoms with E-state index in [4.69, 9.17) is 37.6 Å². The van der Waals surface area contributed by atoms with Crippen LogP contribution < -0.4 is 33.5 Å². The van der Waals surface area contributed by atoms with Gasteiger partial charge in [-0.2, -0.15) is 0 Å². The topological polar surface area (TPSA) is 155 Å². The Labute approximate surface area is 429 Å². The minimum Gasteiger partial charge on any atom is -0.497 e. The minimum atomic E-state index is -2.53. The van der Waals surface area contributed by atoms with Crippen molar-refractivity contribution >= 4 is 49.3 Å². The van der Waals surface area contributed by atoms with Gasteiger partial charge in [-0.1, -0.05) is 58.2 Å². The van der Waals surface area contributed by atoms with Gasteiger partial charge >= 0.3 is 12.2 Å². The van der Waals surface area contributed by atoms with Crippen LogP contribution in [0, 0.1) is 10.8 Å². The van der Waals surface area contributed by atoms with Crippen LogP contribution in [0.1, 0.15) is 98.4 Å². The van der Waals surface area contributed by atoms with Gasteiger partial charge < -0.3 is 47.4 Å². The first-order valence-corrected chi connectivity index (χ1v) is 28.3. The number of amides is 4. The van der Waals surface area contributed by atoms with E-state index in [2.05, 4.69) is 47.0 Å². The number of fused-ring (bicyclic) bond motifs is 4. The molecule has 3 fully saturated rings. The molecule has 17 heteroatoms. The first-order valence-electron chi connectivity index (χ1n) is 25.4. The van der Waals surface area contributed by atoms with Gasteiger partial charge in [-0.15, -0.1) is 0 Å². The molecule has 0 N–H and O–H groups in total. The number of hydrogen-bond donors (Lipinski definition) is 0. The van der Waals surface area contributed by atoms with Crippen LogP contribution >= 0.6 is 0 Å². The van der Waals surface area contributed by atoms with E-state index < -0.39 is 26.7 Å². The van der Waals surface area contributed by atoms with Crippen LogP contribution in [0.3, 0.4) is 0 Å². The summed E-state index contributed by atoms with van der Waals surface area (Å²) in [7, 11) is 2.15. The summed E-state index contributed by atoms with van der Waals surface area (Å²) in [6, 6.07) is 13.7. The maximum atomic E-state index is 14.7. The lowest BCUT2D eigenvalue weighted by atomic mass is 10.0. The van der Waals surface area contributed by atoms with Gasteiger partial charge in [-0.05, 0) is 110 Å². The van der Waals surface area contributed by atoms with Gasteiger partial charge in [-0.3, -0.25) is 14.5 Å². The molecule has 1 unspecified atom stereocenters. The summed E-state index contributed by atoms with van der Waals surface area (Å²) in [4.78, 5) is 63.9. The number of carbonyl (C=O) groups is 4. The third-order valence-electron chi connectivity index (χ3n) is 16.0. The van der Waals surface area contributed by atoms with E-state index in [-0.39, 0.29) is 65.1 Å². The number of anilines is 2. The first kappa shape index (κ1) is 51.4. The first-order chi connectivity index (χ1) is 34.9. The molecule has 1 saturated heterocycles. The van der Waals surface area contributed by atoms with Crippen molar-refractivity contribution in [1.82, 2.24) is 9.80 Å². The summed E-state index contributed by atoms with van der Waals surface area (Å²) < 4.78 is 48.7. The molecule has 3 aromatic carbocycles. The molecule has 3 atom stereocenters. The van der Waals surface area contributed by atoms with Gasteiger partial charge in [0.05, 0.1) is 75.7 Å². The minimum absolute atomic E-state index is 0.00270. The number of methoxy groups -OCH3 is 3. The average molecular weight is 1020 g/mol. The molecule has 16 nitrogen and oxygen atoms in total. The summed E-state index contributed by atoms with van der Waals surface area (Å²) >= 11 is 0. The van der Waals surface area contributed by atoms with Crippen LogP contribution in [0.25, 0.3) is 5.57 Å². The van der Waals surface area contributed by atoms with E-state index >= 15 is 0 Å². The molecule has 0 radical (unpaired) electrons. The van der Waals surface area contributed by atoms with Crippen LogP contribution in [0.4, 0.5) is 21.0 Å². The van der Waals surface area contributed by atoms with Gasteiger partial charge in [0, 0.05) is 30.3 Å². The van der Waals surface area contributed by atoms with E-state index in [9.17, 15) is 19.2 Å². The molecule has 1 spiro atoms. The Morgan fingerprint density at radius 3 is 2.03 bits per heavy atom. The van der Waals surface area contributed by atoms with Crippen molar-refractivity contribution in [2.24, 2.45) is 10.8 Å². The number of hydrogen-bond acceptors (Lipinski definition) is 12. The van der Waals surface area contributed by atoms with Crippen molar-refractivity contribution < 1.29 is 56.8 Å². The van der Waals surface area contributed by atoms with Gasteiger partial charge in [0.2, 0.25) is 0 Å². The summed E-state index contributed by atoms with van der Waals surface area (Å²) in [6.45, 7) is 19.7. The van der Waals surface area contributed by atoms with Gasteiger partial charge in [-0.25, -0.2) is 14.5 Å². The lowest BCUT2D eigenvalue weighted by Crippen LogP contribution is -2.58. The molecule has 4 amide bonds. The fourth-order valence-electron chi connectivity index (χ4n) is 10.4. The molecule has 0 aromatic heterocycles. The smallest absolute Gasteiger partial charge is 0.416 e. The van der Waals surface area contributed by atoms with Crippen LogP contribution in [-0.4, -0.2) is 121 Å². The van der Waals surface area contributed by atoms with Crippen molar-refractivity contribution in [3.8, 4) is 28.7 Å². The Morgan fingerprint density at radius 2 is 1.42 bits per heavy atom. The normalized spacial score (nSPS) is 21.2. The molecule has 3 aromatic rings. The van der Waals surface area contributed by atoms with Gasteiger partial charge in [0.15, 0.2) is 37.5 Å². The second-order valence-electron chi connectivity index (χ2n) is 21.9. The Balaban J connectivity index is 0.929. The van der Waals surface area contributed by atoms with E-state index in [1.54, 1.807) is 48.3 Å². The fraction of sp³-hybridized carbons (Fsp3) is 0.500. The van der Waals surface area contributed by atoms with Gasteiger partial charge in [0.1, 0.15) is 19.0 Å². The lowest BCUT2D eigenvalue weighted by Gasteiger charge is -2.44. The Bertz CT molecular complexity index is 2690. The molecular weight excluding hydrogens is 949 g/mol. The standard InChI is InChI=1S/C56H70N4O12Si/c1-11-23-69-52(63)58-33-38-26-37(36-14-16-39(65-6)17-15-36)32-57(38)49(61)40-27-46(67-8)48(29-42(40)58)71-35-55(19-20-55)18-13-25-68-47-30-43-41(28-45(47)66-7)50(62)59-34-56(21-22-56)31-44(59)51(60(43)53(64)70-24-12-2)72-73(9,10)54(3,4)5/h11-12,14-17,27-30,32,38,44,51H,1-2,13,18-26,31,33-35H2,3-10H3/t38-,44-,51?/m0/s1. The summed E-state index contributed by atoms with van der Waals surface area (Å²) in [5.41, 5.74) is 3.12. The fourth-order valence-corrected chi connectivity index (χ4v) is 11.6. The highest BCUT2D eigenvalue weighted by Gasteiger charge is 2.60. The molecule has 0 bridgehead atoms. The maximum absolute atomic E-state index is 14.7. The third-order valence-corrected chi connectivity index (χ3v) is 20.5. The van der Waals surface area contributed by atoms with Crippen molar-refractivity contribution in [3.63, 3.8) is 0 Å². The highest BCUT2D eigenvalue weighted by atomic mass is 28.4. The van der Waals surface area contributed by atoms with Crippen LogP contribution in [-0.2, 0) is 13.9 Å². The highest BCUT2D eigenvalue weighted by Crippen LogP contribution is 2.58. The molecular formula is C56H70N4O12Si. The molecule has 390 valence electrons. The second kappa shape index (κ2) is 20.1. The van der Waals surface area contributed by atoms with Crippen molar-refractivity contribution in [2.45, 2.75) is 109 Å². The number of carbonyl (C=O) groups excluding carboxylic acids is 4. The van der Waals surface area contributed by atoms with E-state index in [0.717, 1.165) is 55.4 Å². The SMILES string of the molecule is C=CCOC(=O)N1C[C@@H]2CC(c3ccc(OC)cc3)=CN2C(=O)c2cc(OC)c(OCC3(CCCOc4cc5c(cc4OC)C(=O)N4CC6(CC6)C[C@H]4C(O[Si](C)(C)C(C)(C)C)N5C(=O)OCC=C)CC3)cc21. The molecule has 6 aliphatic rings. The monoisotopic (exact) mass is 1020 g/mol. The Morgan fingerprint density at radius 1 is 0.795 bits per heavy atom. The maximum Gasteiger partial charge on any atom is 0.416 e. The number of nitrogens with zero attached hydrogens (tertiary/aromatic N) is 4. The quantitative estimate of drug-likeness (QED) is 0.0676. The summed E-state index contributed by atoms with van der Waals surface area (Å²) in [5.74, 6) is 1.81. The molecule has 2 saturated carbocycles. The van der Waals surface area contributed by atoms with Crippen LogP contribution in [0.2, 0.25) is 18.1 Å². The largest absolute Gasteiger partial charge is 0.497 e. The molecule has 73 heavy (non-hydrogen) atoms. The lowest BCUT2D eigenvalue weighted by molar-refractivity contribution is 0.0528. The molecule has 2 aliphatic carbocycles. The third kappa shape index (κ3) is 10.1. The van der Waals surface area contributed by atoms with Crippen molar-refractivity contribution in [1.29, 1.82) is 0 Å². The van der Waals surface area contributed by atoms with Crippen LogP contribution in [0.5, 0.6) is 28.7 Å². The number of benzene rings is 3. The second-order valence-corrected chi connectivity index (χ2v) is 26.7. The van der Waals surface area contributed by atoms with Crippen molar-refractivity contribution in [2.75, 3.05) is 70.6 Å². The van der Waals surface area contributed by atoms with E-state index in [0.29, 0.717) is 72.5 Å². The van der Waals surface area contributed by atoms with Crippen molar-refractivity contribution in [3.05, 3.63) is 96.7 Å². The van der Waals surface area contributed by atoms with E-state index in [1.165, 1.54) is 24.2 Å². The number of ether oxygens (including phenoxy) is 7. The van der Waals surface area contributed by atoms with Gasteiger partial charge in [0.25, 0.3) is 11.8 Å². The molecule has 9 rings (SSSR count). The van der Waals surface area contributed by atoms with E-state index in [1.807, 2.05) is 35.4 Å². The molecule has 4 heterocycles. The highest BCUT2D eigenvalue weighted by molar-refractivity contribution is 6.74. The zero-order chi connectivity index (χ0) is 52.0. The predicted octanol–water partition coefficient (Wildman–Crippen LogP) is 10.6. The van der Waals surface area contributed by atoms with Crippen LogP contribution in [0.15, 0.2) is 80.0 Å². The zero-order valence-electron chi connectivity index (χ0n) is 43.6. The molecule has 4 aliphatic heterocycles.